The van der Waals surface area contributed by atoms with Crippen molar-refractivity contribution < 1.29 is 4.79 Å². The first-order valence-electron chi connectivity index (χ1n) is 6.21. The summed E-state index contributed by atoms with van der Waals surface area (Å²) in [5.41, 5.74) is 2.75. The Morgan fingerprint density at radius 3 is 2.32 bits per heavy atom. The second-order valence-corrected chi connectivity index (χ2v) is 4.70. The lowest BCUT2D eigenvalue weighted by Crippen LogP contribution is -2.26. The van der Waals surface area contributed by atoms with Gasteiger partial charge in [-0.25, -0.2) is 0 Å². The van der Waals surface area contributed by atoms with E-state index in [1.807, 2.05) is 49.4 Å². The number of halogens is 1. The van der Waals surface area contributed by atoms with E-state index in [0.717, 1.165) is 11.1 Å². The molecule has 0 aliphatic rings. The highest BCUT2D eigenvalue weighted by molar-refractivity contribution is 6.17. The molecule has 3 heteroatoms. The van der Waals surface area contributed by atoms with Gasteiger partial charge in [0.05, 0.1) is 6.04 Å². The van der Waals surface area contributed by atoms with Crippen LogP contribution in [0.4, 0.5) is 0 Å². The smallest absolute Gasteiger partial charge is 0.251 e. The molecule has 98 valence electrons. The van der Waals surface area contributed by atoms with Crippen molar-refractivity contribution in [2.45, 2.75) is 18.8 Å². The maximum absolute atomic E-state index is 12.1. The Bertz CT molecular complexity index is 536. The highest BCUT2D eigenvalue weighted by atomic mass is 35.5. The van der Waals surface area contributed by atoms with Gasteiger partial charge < -0.3 is 5.32 Å². The molecule has 0 heterocycles. The molecule has 2 rings (SSSR count). The van der Waals surface area contributed by atoms with E-state index in [2.05, 4.69) is 5.32 Å². The van der Waals surface area contributed by atoms with Gasteiger partial charge in [0.25, 0.3) is 5.91 Å². The number of carbonyl (C=O) groups is 1. The quantitative estimate of drug-likeness (QED) is 0.841. The van der Waals surface area contributed by atoms with Gasteiger partial charge in [-0.2, -0.15) is 0 Å². The molecule has 2 nitrogen and oxygen atoms in total. The van der Waals surface area contributed by atoms with E-state index in [0.29, 0.717) is 11.4 Å². The van der Waals surface area contributed by atoms with Crippen LogP contribution in [0.2, 0.25) is 0 Å². The van der Waals surface area contributed by atoms with Crippen LogP contribution in [0.1, 0.15) is 34.5 Å². The average molecular weight is 274 g/mol. The third kappa shape index (κ3) is 3.58. The van der Waals surface area contributed by atoms with Gasteiger partial charge in [0, 0.05) is 11.4 Å². The molecule has 1 amide bonds. The summed E-state index contributed by atoms with van der Waals surface area (Å²) >= 11 is 5.72. The molecular formula is C16H16ClNO. The lowest BCUT2D eigenvalue weighted by atomic mass is 10.1. The van der Waals surface area contributed by atoms with Crippen LogP contribution in [0.3, 0.4) is 0 Å². The Kier molecular flexibility index (Phi) is 4.58. The molecule has 0 aromatic heterocycles. The molecule has 0 aliphatic carbocycles. The molecule has 0 spiro atoms. The molecule has 1 N–H and O–H groups in total. The number of benzene rings is 2. The van der Waals surface area contributed by atoms with Crippen molar-refractivity contribution in [2.24, 2.45) is 0 Å². The second-order valence-electron chi connectivity index (χ2n) is 4.44. The molecule has 0 fully saturated rings. The number of hydrogen-bond donors (Lipinski definition) is 1. The van der Waals surface area contributed by atoms with Gasteiger partial charge in [0.15, 0.2) is 0 Å². The van der Waals surface area contributed by atoms with Crippen LogP contribution >= 0.6 is 11.6 Å². The highest BCUT2D eigenvalue weighted by Crippen LogP contribution is 2.13. The van der Waals surface area contributed by atoms with Crippen LogP contribution < -0.4 is 5.32 Å². The van der Waals surface area contributed by atoms with Gasteiger partial charge in [-0.15, -0.1) is 11.6 Å². The minimum Gasteiger partial charge on any atom is -0.346 e. The Balaban J connectivity index is 2.04. The van der Waals surface area contributed by atoms with Crippen molar-refractivity contribution in [3.8, 4) is 0 Å². The van der Waals surface area contributed by atoms with E-state index in [1.54, 1.807) is 12.1 Å². The number of amides is 1. The predicted octanol–water partition coefficient (Wildman–Crippen LogP) is 3.92. The van der Waals surface area contributed by atoms with Crippen LogP contribution in [0.15, 0.2) is 54.6 Å². The van der Waals surface area contributed by atoms with Crippen LogP contribution in [-0.2, 0) is 5.88 Å². The minimum absolute atomic E-state index is 0.0126. The molecule has 0 radical (unpaired) electrons. The monoisotopic (exact) mass is 273 g/mol. The lowest BCUT2D eigenvalue weighted by molar-refractivity contribution is 0.0940. The summed E-state index contributed by atoms with van der Waals surface area (Å²) < 4.78 is 0. The van der Waals surface area contributed by atoms with Crippen molar-refractivity contribution in [3.63, 3.8) is 0 Å². The van der Waals surface area contributed by atoms with E-state index in [4.69, 9.17) is 11.6 Å². The first-order valence-corrected chi connectivity index (χ1v) is 6.75. The van der Waals surface area contributed by atoms with E-state index in [-0.39, 0.29) is 11.9 Å². The first kappa shape index (κ1) is 13.6. The van der Waals surface area contributed by atoms with Crippen LogP contribution in [0, 0.1) is 0 Å². The number of carbonyl (C=O) groups excluding carboxylic acids is 1. The van der Waals surface area contributed by atoms with Crippen LogP contribution in [0.25, 0.3) is 0 Å². The van der Waals surface area contributed by atoms with Gasteiger partial charge in [-0.05, 0) is 30.2 Å². The first-order chi connectivity index (χ1) is 9.20. The summed E-state index contributed by atoms with van der Waals surface area (Å²) in [5, 5.41) is 2.98. The zero-order chi connectivity index (χ0) is 13.7. The zero-order valence-electron chi connectivity index (χ0n) is 10.8. The molecule has 0 saturated carbocycles. The summed E-state index contributed by atoms with van der Waals surface area (Å²) in [6.45, 7) is 1.97. The summed E-state index contributed by atoms with van der Waals surface area (Å²) in [6.07, 6.45) is 0. The van der Waals surface area contributed by atoms with E-state index in [1.165, 1.54) is 0 Å². The zero-order valence-corrected chi connectivity index (χ0v) is 11.5. The van der Waals surface area contributed by atoms with Crippen molar-refractivity contribution in [1.29, 1.82) is 0 Å². The Morgan fingerprint density at radius 2 is 1.74 bits per heavy atom. The maximum Gasteiger partial charge on any atom is 0.251 e. The van der Waals surface area contributed by atoms with Gasteiger partial charge in [0.1, 0.15) is 0 Å². The summed E-state index contributed by atoms with van der Waals surface area (Å²) in [4.78, 5) is 12.1. The minimum atomic E-state index is -0.0718. The number of nitrogens with one attached hydrogen (secondary N) is 1. The average Bonchev–Trinajstić information content (AvgIpc) is 2.48. The molecule has 1 atom stereocenters. The number of alkyl halides is 1. The van der Waals surface area contributed by atoms with E-state index >= 15 is 0 Å². The molecule has 0 bridgehead atoms. The molecule has 19 heavy (non-hydrogen) atoms. The van der Waals surface area contributed by atoms with Gasteiger partial charge in [-0.1, -0.05) is 42.5 Å². The second kappa shape index (κ2) is 6.39. The van der Waals surface area contributed by atoms with Gasteiger partial charge in [-0.3, -0.25) is 4.79 Å². The molecule has 2 aromatic rings. The highest BCUT2D eigenvalue weighted by Gasteiger charge is 2.10. The topological polar surface area (TPSA) is 29.1 Å². The summed E-state index contributed by atoms with van der Waals surface area (Å²) in [7, 11) is 0. The molecule has 0 aliphatic heterocycles. The summed E-state index contributed by atoms with van der Waals surface area (Å²) in [5.74, 6) is 0.389. The predicted molar refractivity (Wildman–Crippen MR) is 78.3 cm³/mol. The van der Waals surface area contributed by atoms with Crippen molar-refractivity contribution >= 4 is 17.5 Å². The van der Waals surface area contributed by atoms with Crippen LogP contribution in [0.5, 0.6) is 0 Å². The largest absolute Gasteiger partial charge is 0.346 e. The lowest BCUT2D eigenvalue weighted by Gasteiger charge is -2.14. The summed E-state index contributed by atoms with van der Waals surface area (Å²) in [6, 6.07) is 17.2. The molecule has 0 saturated heterocycles. The fourth-order valence-electron chi connectivity index (χ4n) is 1.85. The van der Waals surface area contributed by atoms with Gasteiger partial charge >= 0.3 is 0 Å². The molecular weight excluding hydrogens is 258 g/mol. The van der Waals surface area contributed by atoms with Crippen LogP contribution in [-0.4, -0.2) is 5.91 Å². The Morgan fingerprint density at radius 1 is 1.11 bits per heavy atom. The third-order valence-corrected chi connectivity index (χ3v) is 3.33. The Hall–Kier alpha value is -1.80. The Labute approximate surface area is 118 Å². The standard InChI is InChI=1S/C16H16ClNO/c1-12(14-5-3-2-4-6-14)18-16(19)15-9-7-13(11-17)8-10-15/h2-10,12H,11H2,1H3,(H,18,19)/t12-/m1/s1. The fourth-order valence-corrected chi connectivity index (χ4v) is 2.03. The molecule has 0 unspecified atom stereocenters. The van der Waals surface area contributed by atoms with E-state index in [9.17, 15) is 4.79 Å². The maximum atomic E-state index is 12.1. The third-order valence-electron chi connectivity index (χ3n) is 3.02. The van der Waals surface area contributed by atoms with Crippen molar-refractivity contribution in [1.82, 2.24) is 5.32 Å². The van der Waals surface area contributed by atoms with E-state index < -0.39 is 0 Å². The normalized spacial score (nSPS) is 11.9. The van der Waals surface area contributed by atoms with Crippen molar-refractivity contribution in [3.05, 3.63) is 71.3 Å². The SMILES string of the molecule is C[C@@H](NC(=O)c1ccc(CCl)cc1)c1ccccc1. The van der Waals surface area contributed by atoms with Gasteiger partial charge in [0.2, 0.25) is 0 Å². The number of hydrogen-bond acceptors (Lipinski definition) is 1. The van der Waals surface area contributed by atoms with Crippen molar-refractivity contribution in [2.75, 3.05) is 0 Å². The molecule has 2 aromatic carbocycles. The number of rotatable bonds is 4. The fraction of sp³-hybridized carbons (Fsp3) is 0.188.